The first-order valence-corrected chi connectivity index (χ1v) is 14.2. The molecule has 4 atom stereocenters. The van der Waals surface area contributed by atoms with Gasteiger partial charge < -0.3 is 15.5 Å². The Bertz CT molecular complexity index is 1490. The van der Waals surface area contributed by atoms with E-state index < -0.39 is 11.2 Å². The SMILES string of the molecule is C[C@@]1(O)CC2(Cc3ccccc3)c3ccc(C(=O)NCc4cccnc4)cc3CC[C@@H]2C[C@@]1(O)c1ccccc1. The number of nitrogens with one attached hydrogen (secondary N) is 1. The molecule has 0 bridgehead atoms. The zero-order chi connectivity index (χ0) is 27.8. The summed E-state index contributed by atoms with van der Waals surface area (Å²) in [5.41, 5.74) is 2.84. The number of carbonyl (C=O) groups is 1. The minimum absolute atomic E-state index is 0.111. The van der Waals surface area contributed by atoms with Gasteiger partial charge in [0.15, 0.2) is 0 Å². The van der Waals surface area contributed by atoms with Crippen LogP contribution in [0, 0.1) is 5.92 Å². The van der Waals surface area contributed by atoms with E-state index in [4.69, 9.17) is 0 Å². The van der Waals surface area contributed by atoms with E-state index in [0.29, 0.717) is 24.9 Å². The highest BCUT2D eigenvalue weighted by atomic mass is 16.4. The summed E-state index contributed by atoms with van der Waals surface area (Å²) in [7, 11) is 0. The van der Waals surface area contributed by atoms with Crippen LogP contribution >= 0.6 is 0 Å². The predicted octanol–water partition coefficient (Wildman–Crippen LogP) is 5.49. The second-order valence-corrected chi connectivity index (χ2v) is 11.9. The van der Waals surface area contributed by atoms with Gasteiger partial charge >= 0.3 is 0 Å². The lowest BCUT2D eigenvalue weighted by atomic mass is 9.48. The van der Waals surface area contributed by atoms with E-state index in [0.717, 1.165) is 36.0 Å². The molecule has 1 amide bonds. The number of aryl methyl sites for hydroxylation is 1. The lowest BCUT2D eigenvalue weighted by molar-refractivity contribution is -0.204. The van der Waals surface area contributed by atoms with Gasteiger partial charge in [0.1, 0.15) is 5.60 Å². The van der Waals surface area contributed by atoms with Gasteiger partial charge in [-0.15, -0.1) is 0 Å². The van der Waals surface area contributed by atoms with E-state index in [1.165, 1.54) is 11.1 Å². The van der Waals surface area contributed by atoms with E-state index >= 15 is 0 Å². The number of aromatic nitrogens is 1. The van der Waals surface area contributed by atoms with Gasteiger partial charge in [-0.25, -0.2) is 0 Å². The van der Waals surface area contributed by atoms with Crippen LogP contribution in [0.2, 0.25) is 0 Å². The molecule has 1 unspecified atom stereocenters. The molecule has 3 aromatic carbocycles. The quantitative estimate of drug-likeness (QED) is 0.307. The second kappa shape index (κ2) is 10.3. The highest BCUT2D eigenvalue weighted by Crippen LogP contribution is 2.59. The van der Waals surface area contributed by atoms with Crippen molar-refractivity contribution in [2.24, 2.45) is 5.92 Å². The number of pyridine rings is 1. The molecule has 5 nitrogen and oxygen atoms in total. The average molecular weight is 533 g/mol. The zero-order valence-electron chi connectivity index (χ0n) is 22.9. The summed E-state index contributed by atoms with van der Waals surface area (Å²) in [4.78, 5) is 17.2. The van der Waals surface area contributed by atoms with Crippen LogP contribution in [-0.2, 0) is 30.4 Å². The van der Waals surface area contributed by atoms with Crippen molar-refractivity contribution >= 4 is 5.91 Å². The van der Waals surface area contributed by atoms with Crippen LogP contribution in [0.15, 0.2) is 103 Å². The monoisotopic (exact) mass is 532 g/mol. The average Bonchev–Trinajstić information content (AvgIpc) is 2.98. The molecule has 6 rings (SSSR count). The van der Waals surface area contributed by atoms with Gasteiger partial charge in [-0.2, -0.15) is 0 Å². The van der Waals surface area contributed by atoms with Crippen molar-refractivity contribution in [1.82, 2.24) is 10.3 Å². The molecule has 2 aliphatic rings. The van der Waals surface area contributed by atoms with E-state index in [9.17, 15) is 15.0 Å². The van der Waals surface area contributed by atoms with Crippen molar-refractivity contribution in [1.29, 1.82) is 0 Å². The van der Waals surface area contributed by atoms with Crippen molar-refractivity contribution in [3.8, 4) is 0 Å². The molecule has 2 aliphatic carbocycles. The maximum atomic E-state index is 13.1. The topological polar surface area (TPSA) is 82.5 Å². The van der Waals surface area contributed by atoms with Gasteiger partial charge in [-0.3, -0.25) is 9.78 Å². The highest BCUT2D eigenvalue weighted by molar-refractivity contribution is 5.94. The molecule has 1 aromatic heterocycles. The van der Waals surface area contributed by atoms with Crippen molar-refractivity contribution < 1.29 is 15.0 Å². The summed E-state index contributed by atoms with van der Waals surface area (Å²) < 4.78 is 0. The minimum atomic E-state index is -1.35. The van der Waals surface area contributed by atoms with Gasteiger partial charge in [0.2, 0.25) is 0 Å². The molecule has 204 valence electrons. The van der Waals surface area contributed by atoms with Crippen LogP contribution < -0.4 is 5.32 Å². The van der Waals surface area contributed by atoms with Crippen LogP contribution in [-0.4, -0.2) is 26.7 Å². The largest absolute Gasteiger partial charge is 0.387 e. The first-order valence-electron chi connectivity index (χ1n) is 14.2. The maximum Gasteiger partial charge on any atom is 0.251 e. The molecule has 0 saturated heterocycles. The molecule has 5 heteroatoms. The molecule has 4 aromatic rings. The Morgan fingerprint density at radius 1 is 0.950 bits per heavy atom. The van der Waals surface area contributed by atoms with Crippen LogP contribution in [0.5, 0.6) is 0 Å². The highest BCUT2D eigenvalue weighted by Gasteiger charge is 2.61. The predicted molar refractivity (Wildman–Crippen MR) is 156 cm³/mol. The fourth-order valence-corrected chi connectivity index (χ4v) is 7.32. The number of aliphatic hydroxyl groups is 2. The summed E-state index contributed by atoms with van der Waals surface area (Å²) in [5, 5.41) is 27.2. The summed E-state index contributed by atoms with van der Waals surface area (Å²) in [6.07, 6.45) is 6.84. The van der Waals surface area contributed by atoms with E-state index in [1.54, 1.807) is 19.3 Å². The van der Waals surface area contributed by atoms with E-state index in [1.807, 2.05) is 60.7 Å². The smallest absolute Gasteiger partial charge is 0.251 e. The molecular weight excluding hydrogens is 496 g/mol. The fourth-order valence-electron chi connectivity index (χ4n) is 7.32. The zero-order valence-corrected chi connectivity index (χ0v) is 22.9. The molecular formula is C35H36N2O3. The van der Waals surface area contributed by atoms with Gasteiger partial charge in [0.05, 0.1) is 5.60 Å². The number of rotatable bonds is 6. The third-order valence-electron chi connectivity index (χ3n) is 9.33. The molecule has 1 fully saturated rings. The number of hydrogen-bond acceptors (Lipinski definition) is 4. The Balaban J connectivity index is 1.37. The maximum absolute atomic E-state index is 13.1. The molecule has 0 spiro atoms. The standard InChI is InChI=1S/C35H36N2O3/c1-33(39)24-34(20-25-9-4-2-5-10-25)30(21-35(33,40)29-12-6-3-7-13-29)16-14-27-19-28(15-17-31(27)34)32(38)37-23-26-11-8-18-36-22-26/h2-13,15,17-19,22,30,39-40H,14,16,20-21,23-24H2,1H3,(H,37,38)/t30-,33-,34?,35-/m1/s1. The summed E-state index contributed by atoms with van der Waals surface area (Å²) in [5.74, 6) is 0.0517. The van der Waals surface area contributed by atoms with Crippen molar-refractivity contribution in [2.75, 3.05) is 0 Å². The molecule has 40 heavy (non-hydrogen) atoms. The first-order chi connectivity index (χ1) is 19.3. The Hall–Kier alpha value is -3.80. The Morgan fingerprint density at radius 3 is 2.40 bits per heavy atom. The van der Waals surface area contributed by atoms with Gasteiger partial charge in [0, 0.05) is 29.9 Å². The minimum Gasteiger partial charge on any atom is -0.387 e. The lowest BCUT2D eigenvalue weighted by Gasteiger charge is -2.59. The second-order valence-electron chi connectivity index (χ2n) is 11.9. The molecule has 1 saturated carbocycles. The number of fused-ring (bicyclic) bond motifs is 3. The lowest BCUT2D eigenvalue weighted by Crippen LogP contribution is -2.62. The normalized spacial score (nSPS) is 27.3. The number of benzene rings is 3. The number of amides is 1. The van der Waals surface area contributed by atoms with E-state index in [-0.39, 0.29) is 17.2 Å². The van der Waals surface area contributed by atoms with Crippen LogP contribution in [0.25, 0.3) is 0 Å². The third-order valence-corrected chi connectivity index (χ3v) is 9.33. The van der Waals surface area contributed by atoms with Gasteiger partial charge in [-0.1, -0.05) is 72.8 Å². The first kappa shape index (κ1) is 26.4. The molecule has 0 radical (unpaired) electrons. The summed E-state index contributed by atoms with van der Waals surface area (Å²) >= 11 is 0. The number of carbonyl (C=O) groups excluding carboxylic acids is 1. The Morgan fingerprint density at radius 2 is 1.68 bits per heavy atom. The Labute approximate surface area is 235 Å². The summed E-state index contributed by atoms with van der Waals surface area (Å²) in [6.45, 7) is 2.21. The van der Waals surface area contributed by atoms with Gasteiger partial charge in [-0.05, 0) is 91.0 Å². The van der Waals surface area contributed by atoms with Crippen LogP contribution in [0.4, 0.5) is 0 Å². The fraction of sp³-hybridized carbons (Fsp3) is 0.314. The van der Waals surface area contributed by atoms with Crippen molar-refractivity contribution in [2.45, 2.75) is 62.2 Å². The molecule has 1 heterocycles. The summed E-state index contributed by atoms with van der Waals surface area (Å²) in [6, 6.07) is 29.9. The van der Waals surface area contributed by atoms with E-state index in [2.05, 4.69) is 40.6 Å². The van der Waals surface area contributed by atoms with Crippen molar-refractivity contribution in [3.63, 3.8) is 0 Å². The van der Waals surface area contributed by atoms with Crippen LogP contribution in [0.3, 0.4) is 0 Å². The van der Waals surface area contributed by atoms with Gasteiger partial charge in [0.25, 0.3) is 5.91 Å². The number of hydrogen-bond donors (Lipinski definition) is 3. The third kappa shape index (κ3) is 4.63. The van der Waals surface area contributed by atoms with Crippen LogP contribution in [0.1, 0.15) is 64.4 Å². The molecule has 3 N–H and O–H groups in total. The molecule has 0 aliphatic heterocycles. The Kier molecular flexibility index (Phi) is 6.81. The van der Waals surface area contributed by atoms with Crippen molar-refractivity contribution in [3.05, 3.63) is 137 Å². The number of nitrogens with zero attached hydrogens (tertiary/aromatic N) is 1.